The maximum atomic E-state index is 14.6. The predicted molar refractivity (Wildman–Crippen MR) is 192 cm³/mol. The third-order valence-corrected chi connectivity index (χ3v) is 11.8. The second-order valence-electron chi connectivity index (χ2n) is 17.8. The molecule has 0 radical (unpaired) electrons. The normalized spacial score (nSPS) is 24.8. The average Bonchev–Trinajstić information content (AvgIpc) is 3.47. The van der Waals surface area contributed by atoms with Crippen molar-refractivity contribution < 1.29 is 33.6 Å². The van der Waals surface area contributed by atoms with Crippen LogP contribution in [-0.4, -0.2) is 88.4 Å². The predicted octanol–water partition coefficient (Wildman–Crippen LogP) is 3.43. The number of Topliss-reactive ketones (excluding diaryl/α,β-unsaturated/α-hetero) is 1. The molecule has 2 saturated carbocycles. The van der Waals surface area contributed by atoms with Crippen LogP contribution in [0.15, 0.2) is 0 Å². The Bertz CT molecular complexity index is 1330. The van der Waals surface area contributed by atoms with E-state index < -0.39 is 58.6 Å². The summed E-state index contributed by atoms with van der Waals surface area (Å²) in [5.74, 6) is -3.41. The summed E-state index contributed by atoms with van der Waals surface area (Å²) in [5.41, 5.74) is 4.42. The van der Waals surface area contributed by atoms with Gasteiger partial charge in [0.05, 0.1) is 12.1 Å². The molecular weight excluding hydrogens is 652 g/mol. The lowest BCUT2D eigenvalue weighted by Gasteiger charge is -2.40. The first-order valence-corrected chi connectivity index (χ1v) is 19.1. The highest BCUT2D eigenvalue weighted by atomic mass is 16.2. The lowest BCUT2D eigenvalue weighted by atomic mass is 9.80. The van der Waals surface area contributed by atoms with Crippen molar-refractivity contribution in [2.24, 2.45) is 40.2 Å². The van der Waals surface area contributed by atoms with E-state index >= 15 is 0 Å². The highest BCUT2D eigenvalue weighted by Crippen LogP contribution is 2.36. The molecule has 0 bridgehead atoms. The molecule has 4 aliphatic rings. The van der Waals surface area contributed by atoms with Crippen molar-refractivity contribution in [2.75, 3.05) is 13.1 Å². The van der Waals surface area contributed by atoms with E-state index in [4.69, 9.17) is 5.73 Å². The minimum Gasteiger partial charge on any atom is -0.363 e. The molecule has 2 aliphatic carbocycles. The van der Waals surface area contributed by atoms with E-state index in [-0.39, 0.29) is 60.8 Å². The van der Waals surface area contributed by atoms with E-state index in [9.17, 15) is 33.6 Å². The topological polar surface area (TPSA) is 188 Å². The Hall–Kier alpha value is -3.51. The Morgan fingerprint density at radius 1 is 0.863 bits per heavy atom. The number of likely N-dealkylation sites (tertiary alicyclic amines) is 2. The molecule has 13 heteroatoms. The zero-order valence-electron chi connectivity index (χ0n) is 31.8. The number of carbonyl (C=O) groups is 7. The van der Waals surface area contributed by atoms with Gasteiger partial charge in [-0.3, -0.25) is 33.7 Å². The van der Waals surface area contributed by atoms with Crippen LogP contribution in [0.1, 0.15) is 126 Å². The van der Waals surface area contributed by atoms with Gasteiger partial charge in [0.25, 0.3) is 5.91 Å². The molecule has 4 fully saturated rings. The lowest BCUT2D eigenvalue weighted by Crippen LogP contribution is -2.62. The third-order valence-electron chi connectivity index (χ3n) is 11.8. The molecule has 0 spiro atoms. The van der Waals surface area contributed by atoms with Crippen molar-refractivity contribution in [2.45, 2.75) is 150 Å². The molecule has 7 amide bonds. The van der Waals surface area contributed by atoms with Crippen LogP contribution >= 0.6 is 0 Å². The first-order chi connectivity index (χ1) is 23.8. The van der Waals surface area contributed by atoms with E-state index in [0.29, 0.717) is 19.4 Å². The fraction of sp³-hybridized carbons (Fsp3) is 0.816. The zero-order valence-corrected chi connectivity index (χ0v) is 31.8. The number of nitrogens with zero attached hydrogens (tertiary/aromatic N) is 2. The van der Waals surface area contributed by atoms with Gasteiger partial charge in [-0.05, 0) is 60.2 Å². The van der Waals surface area contributed by atoms with Crippen LogP contribution in [-0.2, 0) is 28.8 Å². The highest BCUT2D eigenvalue weighted by molar-refractivity contribution is 6.37. The lowest BCUT2D eigenvalue weighted by molar-refractivity contribution is -0.153. The molecule has 4 rings (SSSR count). The second-order valence-corrected chi connectivity index (χ2v) is 17.8. The van der Waals surface area contributed by atoms with E-state index in [1.165, 1.54) is 4.90 Å². The maximum Gasteiger partial charge on any atom is 0.315 e. The average molecular weight is 715 g/mol. The van der Waals surface area contributed by atoms with Crippen molar-refractivity contribution in [3.05, 3.63) is 0 Å². The minimum atomic E-state index is -1.10. The molecule has 2 aliphatic heterocycles. The van der Waals surface area contributed by atoms with Gasteiger partial charge in [0.2, 0.25) is 29.4 Å². The molecule has 13 nitrogen and oxygen atoms in total. The highest BCUT2D eigenvalue weighted by Gasteiger charge is 2.48. The first kappa shape index (κ1) is 40.3. The van der Waals surface area contributed by atoms with Crippen LogP contribution in [0.3, 0.4) is 0 Å². The van der Waals surface area contributed by atoms with Gasteiger partial charge in [-0.1, -0.05) is 87.0 Å². The largest absolute Gasteiger partial charge is 0.363 e. The van der Waals surface area contributed by atoms with Gasteiger partial charge in [0.15, 0.2) is 0 Å². The van der Waals surface area contributed by atoms with Crippen LogP contribution in [0.5, 0.6) is 0 Å². The van der Waals surface area contributed by atoms with E-state index in [2.05, 4.69) is 16.0 Å². The van der Waals surface area contributed by atoms with Crippen molar-refractivity contribution in [1.82, 2.24) is 25.8 Å². The number of imide groups is 1. The van der Waals surface area contributed by atoms with Crippen LogP contribution in [0.4, 0.5) is 4.79 Å². The molecule has 5 atom stereocenters. The van der Waals surface area contributed by atoms with Gasteiger partial charge in [0, 0.05) is 25.9 Å². The van der Waals surface area contributed by atoms with E-state index in [0.717, 1.165) is 51.4 Å². The number of hydrogen-bond acceptors (Lipinski definition) is 7. The van der Waals surface area contributed by atoms with Crippen LogP contribution < -0.4 is 21.7 Å². The molecular formula is C38H62N6O7. The molecule has 0 aromatic rings. The van der Waals surface area contributed by atoms with Gasteiger partial charge in [-0.15, -0.1) is 0 Å². The Labute approximate surface area is 303 Å². The number of carbonyl (C=O) groups excluding carboxylic acids is 7. The molecule has 51 heavy (non-hydrogen) atoms. The molecule has 5 N–H and O–H groups in total. The standard InChI is InChI=1S/C38H62N6O7/c1-22(2)25-16-17-43(31(25)34(49)40-26(32(47)33(39)48)18-23-12-11-13-23)35(50)30(24-14-9-8-10-15-24)42-36(51)41-27(37(3,4)5)21-44-28(45)19-38(6,7)20-29(44)46/h22-27,30-31H,8-21H2,1-7H3,(H2,39,48)(H,40,49)(H2,41,42,51)/t25-,26?,27-,30+,31+/m1/s1. The summed E-state index contributed by atoms with van der Waals surface area (Å²) >= 11 is 0. The van der Waals surface area contributed by atoms with Gasteiger partial charge in [-0.2, -0.15) is 0 Å². The number of nitrogens with one attached hydrogen (secondary N) is 3. The number of ketones is 1. The minimum absolute atomic E-state index is 0.0171. The summed E-state index contributed by atoms with van der Waals surface area (Å²) in [6.45, 7) is 13.9. The number of primary amides is 1. The van der Waals surface area contributed by atoms with Crippen molar-refractivity contribution in [1.29, 1.82) is 0 Å². The summed E-state index contributed by atoms with van der Waals surface area (Å²) in [6.07, 6.45) is 8.56. The summed E-state index contributed by atoms with van der Waals surface area (Å²) in [6, 6.07) is -4.03. The third kappa shape index (κ3) is 10.1. The molecule has 2 saturated heterocycles. The number of nitrogens with two attached hydrogens (primary N) is 1. The fourth-order valence-corrected chi connectivity index (χ4v) is 8.32. The van der Waals surface area contributed by atoms with Gasteiger partial charge < -0.3 is 26.6 Å². The Kier molecular flexibility index (Phi) is 13.0. The Balaban J connectivity index is 1.55. The van der Waals surface area contributed by atoms with Gasteiger partial charge >= 0.3 is 6.03 Å². The van der Waals surface area contributed by atoms with Gasteiger partial charge in [-0.25, -0.2) is 4.79 Å². The molecule has 286 valence electrons. The molecule has 0 aromatic carbocycles. The Morgan fingerprint density at radius 2 is 1.47 bits per heavy atom. The Morgan fingerprint density at radius 3 is 1.98 bits per heavy atom. The van der Waals surface area contributed by atoms with Crippen molar-refractivity contribution in [3.63, 3.8) is 0 Å². The number of rotatable bonds is 13. The van der Waals surface area contributed by atoms with Crippen LogP contribution in [0.25, 0.3) is 0 Å². The quantitative estimate of drug-likeness (QED) is 0.166. The number of urea groups is 1. The van der Waals surface area contributed by atoms with Crippen molar-refractivity contribution in [3.8, 4) is 0 Å². The molecule has 2 heterocycles. The molecule has 1 unspecified atom stereocenters. The fourth-order valence-electron chi connectivity index (χ4n) is 8.32. The van der Waals surface area contributed by atoms with Crippen LogP contribution in [0.2, 0.25) is 0 Å². The van der Waals surface area contributed by atoms with Crippen LogP contribution in [0, 0.1) is 34.5 Å². The SMILES string of the molecule is CC(C)[C@H]1CCN(C(=O)[C@@H](NC(=O)N[C@H](CN2C(=O)CC(C)(C)CC2=O)C(C)(C)C)C2CCCCC2)[C@@H]1C(=O)NC(CC1CCC1)C(=O)C(N)=O. The second kappa shape index (κ2) is 16.4. The van der Waals surface area contributed by atoms with Crippen molar-refractivity contribution >= 4 is 41.4 Å². The number of hydrogen-bond donors (Lipinski definition) is 4. The summed E-state index contributed by atoms with van der Waals surface area (Å²) < 4.78 is 0. The summed E-state index contributed by atoms with van der Waals surface area (Å²) in [7, 11) is 0. The zero-order chi connectivity index (χ0) is 37.8. The van der Waals surface area contributed by atoms with Gasteiger partial charge in [0.1, 0.15) is 12.1 Å². The first-order valence-electron chi connectivity index (χ1n) is 19.1. The van der Waals surface area contributed by atoms with E-state index in [1.807, 2.05) is 48.5 Å². The summed E-state index contributed by atoms with van der Waals surface area (Å²) in [5, 5.41) is 8.79. The number of piperidine rings is 1. The monoisotopic (exact) mass is 714 g/mol. The molecule has 0 aromatic heterocycles. The summed E-state index contributed by atoms with van der Waals surface area (Å²) in [4.78, 5) is 96.1. The smallest absolute Gasteiger partial charge is 0.315 e. The van der Waals surface area contributed by atoms with E-state index in [1.54, 1.807) is 4.90 Å². The number of amides is 7. The maximum absolute atomic E-state index is 14.6.